The molecule has 0 saturated carbocycles. The van der Waals surface area contributed by atoms with Gasteiger partial charge in [0.2, 0.25) is 11.0 Å². The van der Waals surface area contributed by atoms with Gasteiger partial charge in [0.1, 0.15) is 0 Å². The molecule has 0 saturated heterocycles. The zero-order valence-corrected chi connectivity index (χ0v) is 17.9. The molecule has 0 aliphatic carbocycles. The molecular formula is C21H17BrN4O2S. The zero-order chi connectivity index (χ0) is 20.4. The van der Waals surface area contributed by atoms with E-state index in [9.17, 15) is 9.59 Å². The van der Waals surface area contributed by atoms with Gasteiger partial charge < -0.3 is 5.32 Å². The molecule has 8 heteroatoms. The van der Waals surface area contributed by atoms with Crippen LogP contribution >= 0.6 is 27.3 Å². The maximum Gasteiger partial charge on any atom is 0.277 e. The van der Waals surface area contributed by atoms with Gasteiger partial charge in [-0.15, -0.1) is 11.3 Å². The largest absolute Gasteiger partial charge is 0.326 e. The molecule has 146 valence electrons. The van der Waals surface area contributed by atoms with Crippen LogP contribution in [0.5, 0.6) is 0 Å². The molecule has 29 heavy (non-hydrogen) atoms. The van der Waals surface area contributed by atoms with Crippen molar-refractivity contribution in [2.45, 2.75) is 13.3 Å². The summed E-state index contributed by atoms with van der Waals surface area (Å²) >= 11 is 4.73. The SMILES string of the molecule is Cc1[nH]n(-c2nc(-c3ccccc3)cs2)c(=O)c1CC(=O)Nc1ccc(Br)cc1. The fraction of sp³-hybridized carbons (Fsp3) is 0.0952. The van der Waals surface area contributed by atoms with Crippen molar-refractivity contribution in [3.05, 3.63) is 86.1 Å². The number of aromatic amines is 1. The van der Waals surface area contributed by atoms with E-state index < -0.39 is 0 Å². The molecule has 4 aromatic rings. The highest BCUT2D eigenvalue weighted by atomic mass is 79.9. The molecule has 0 fully saturated rings. The Labute approximate surface area is 179 Å². The minimum Gasteiger partial charge on any atom is -0.326 e. The molecule has 0 spiro atoms. The maximum atomic E-state index is 12.9. The summed E-state index contributed by atoms with van der Waals surface area (Å²) in [7, 11) is 0. The van der Waals surface area contributed by atoms with Crippen molar-refractivity contribution in [1.29, 1.82) is 0 Å². The Hall–Kier alpha value is -2.97. The summed E-state index contributed by atoms with van der Waals surface area (Å²) < 4.78 is 2.33. The van der Waals surface area contributed by atoms with Gasteiger partial charge in [0.25, 0.3) is 5.56 Å². The monoisotopic (exact) mass is 468 g/mol. The highest BCUT2D eigenvalue weighted by molar-refractivity contribution is 9.10. The van der Waals surface area contributed by atoms with Crippen molar-refractivity contribution in [3.63, 3.8) is 0 Å². The molecule has 2 aromatic carbocycles. The predicted octanol–water partition coefficient (Wildman–Crippen LogP) is 4.54. The van der Waals surface area contributed by atoms with Crippen molar-refractivity contribution in [2.24, 2.45) is 0 Å². The molecule has 6 nitrogen and oxygen atoms in total. The quantitative estimate of drug-likeness (QED) is 0.451. The second kappa shape index (κ2) is 8.18. The van der Waals surface area contributed by atoms with E-state index >= 15 is 0 Å². The van der Waals surface area contributed by atoms with Crippen LogP contribution in [0.1, 0.15) is 11.3 Å². The first-order valence-electron chi connectivity index (χ1n) is 8.88. The number of anilines is 1. The Morgan fingerprint density at radius 2 is 1.90 bits per heavy atom. The smallest absolute Gasteiger partial charge is 0.277 e. The number of hydrogen-bond acceptors (Lipinski definition) is 4. The van der Waals surface area contributed by atoms with E-state index in [0.717, 1.165) is 15.7 Å². The third-order valence-corrected chi connectivity index (χ3v) is 5.77. The maximum absolute atomic E-state index is 12.9. The summed E-state index contributed by atoms with van der Waals surface area (Å²) in [6, 6.07) is 17.1. The first-order valence-corrected chi connectivity index (χ1v) is 10.6. The summed E-state index contributed by atoms with van der Waals surface area (Å²) in [5, 5.41) is 8.30. The number of thiazole rings is 1. The van der Waals surface area contributed by atoms with Gasteiger partial charge in [-0.25, -0.2) is 4.98 Å². The van der Waals surface area contributed by atoms with Crippen molar-refractivity contribution in [2.75, 3.05) is 5.32 Å². The molecule has 0 atom stereocenters. The van der Waals surface area contributed by atoms with Gasteiger partial charge in [-0.05, 0) is 31.2 Å². The number of hydrogen-bond donors (Lipinski definition) is 2. The van der Waals surface area contributed by atoms with E-state index in [0.29, 0.717) is 22.1 Å². The number of rotatable bonds is 5. The van der Waals surface area contributed by atoms with E-state index in [2.05, 4.69) is 31.3 Å². The summed E-state index contributed by atoms with van der Waals surface area (Å²) in [5.74, 6) is -0.247. The van der Waals surface area contributed by atoms with Gasteiger partial charge >= 0.3 is 0 Å². The average molecular weight is 469 g/mol. The van der Waals surface area contributed by atoms with Crippen molar-refractivity contribution in [1.82, 2.24) is 14.8 Å². The summed E-state index contributed by atoms with van der Waals surface area (Å²) in [4.78, 5) is 29.9. The number of nitrogens with one attached hydrogen (secondary N) is 2. The van der Waals surface area contributed by atoms with E-state index in [4.69, 9.17) is 0 Å². The number of amides is 1. The van der Waals surface area contributed by atoms with Crippen molar-refractivity contribution >= 4 is 38.9 Å². The molecule has 0 unspecified atom stereocenters. The van der Waals surface area contributed by atoms with Gasteiger partial charge in [0.15, 0.2) is 0 Å². The lowest BCUT2D eigenvalue weighted by Crippen LogP contribution is -2.22. The minimum atomic E-state index is -0.262. The lowest BCUT2D eigenvalue weighted by molar-refractivity contribution is -0.115. The van der Waals surface area contributed by atoms with Crippen molar-refractivity contribution in [3.8, 4) is 16.4 Å². The van der Waals surface area contributed by atoms with Crippen LogP contribution in [0, 0.1) is 6.92 Å². The lowest BCUT2D eigenvalue weighted by atomic mass is 10.2. The Morgan fingerprint density at radius 1 is 1.17 bits per heavy atom. The highest BCUT2D eigenvalue weighted by Crippen LogP contribution is 2.23. The van der Waals surface area contributed by atoms with E-state index in [1.807, 2.05) is 47.8 Å². The highest BCUT2D eigenvalue weighted by Gasteiger charge is 2.18. The molecule has 0 aliphatic heterocycles. The van der Waals surface area contributed by atoms with Crippen LogP contribution in [-0.4, -0.2) is 20.7 Å². The van der Waals surface area contributed by atoms with E-state index in [1.54, 1.807) is 19.1 Å². The van der Waals surface area contributed by atoms with Gasteiger partial charge in [-0.2, -0.15) is 4.68 Å². The number of aromatic nitrogens is 3. The van der Waals surface area contributed by atoms with Crippen LogP contribution in [0.4, 0.5) is 5.69 Å². The number of halogens is 1. The van der Waals surface area contributed by atoms with Gasteiger partial charge in [0, 0.05) is 32.4 Å². The van der Waals surface area contributed by atoms with E-state index in [-0.39, 0.29) is 17.9 Å². The number of carbonyl (C=O) groups is 1. The van der Waals surface area contributed by atoms with Crippen molar-refractivity contribution < 1.29 is 4.79 Å². The molecule has 2 N–H and O–H groups in total. The molecule has 1 amide bonds. The molecule has 2 aromatic heterocycles. The molecular weight excluding hydrogens is 452 g/mol. The third kappa shape index (κ3) is 4.23. The van der Waals surface area contributed by atoms with Crippen LogP contribution < -0.4 is 10.9 Å². The van der Waals surface area contributed by atoms with E-state index in [1.165, 1.54) is 16.0 Å². The van der Waals surface area contributed by atoms with Crippen LogP contribution in [0.15, 0.2) is 69.2 Å². The number of aryl methyl sites for hydroxylation is 1. The molecule has 0 radical (unpaired) electrons. The third-order valence-electron chi connectivity index (χ3n) is 4.41. The standard InChI is InChI=1S/C21H17BrN4O2S/c1-13-17(11-19(27)23-16-9-7-15(22)8-10-16)20(28)26(25-13)21-24-18(12-29-21)14-5-3-2-4-6-14/h2-10,12,25H,11H2,1H3,(H,23,27). The second-order valence-electron chi connectivity index (χ2n) is 6.47. The van der Waals surface area contributed by atoms with Crippen LogP contribution in [0.3, 0.4) is 0 Å². The number of benzene rings is 2. The Kier molecular flexibility index (Phi) is 5.46. The van der Waals surface area contributed by atoms with Gasteiger partial charge in [0.05, 0.1) is 12.1 Å². The second-order valence-corrected chi connectivity index (χ2v) is 8.22. The first kappa shape index (κ1) is 19.4. The topological polar surface area (TPSA) is 79.8 Å². The molecule has 2 heterocycles. The average Bonchev–Trinajstić information content (AvgIpc) is 3.31. The number of nitrogens with zero attached hydrogens (tertiary/aromatic N) is 2. The number of carbonyl (C=O) groups excluding carboxylic acids is 1. The summed E-state index contributed by atoms with van der Waals surface area (Å²) in [6.45, 7) is 1.78. The Bertz CT molecular complexity index is 1210. The van der Waals surface area contributed by atoms with Gasteiger partial charge in [-0.1, -0.05) is 46.3 Å². The molecule has 0 bridgehead atoms. The fourth-order valence-corrected chi connectivity index (χ4v) is 3.99. The Morgan fingerprint density at radius 3 is 2.62 bits per heavy atom. The summed E-state index contributed by atoms with van der Waals surface area (Å²) in [6.07, 6.45) is -0.0127. The normalized spacial score (nSPS) is 10.8. The fourth-order valence-electron chi connectivity index (χ4n) is 2.93. The van der Waals surface area contributed by atoms with Crippen LogP contribution in [-0.2, 0) is 11.2 Å². The Balaban J connectivity index is 1.55. The van der Waals surface area contributed by atoms with Crippen LogP contribution in [0.25, 0.3) is 16.4 Å². The first-order chi connectivity index (χ1) is 14.0. The lowest BCUT2D eigenvalue weighted by Gasteiger charge is -2.04. The predicted molar refractivity (Wildman–Crippen MR) is 119 cm³/mol. The molecule has 4 rings (SSSR count). The minimum absolute atomic E-state index is 0.0127. The van der Waals surface area contributed by atoms with Gasteiger partial charge in [-0.3, -0.25) is 14.7 Å². The van der Waals surface area contributed by atoms with Crippen LogP contribution in [0.2, 0.25) is 0 Å². The summed E-state index contributed by atoms with van der Waals surface area (Å²) in [5.41, 5.74) is 3.29. The zero-order valence-electron chi connectivity index (χ0n) is 15.5. The number of H-pyrrole nitrogens is 1. The molecule has 0 aliphatic rings.